The van der Waals surface area contributed by atoms with Gasteiger partial charge in [-0.1, -0.05) is 0 Å². The number of aliphatic carboxylic acids is 1. The van der Waals surface area contributed by atoms with Crippen molar-refractivity contribution in [2.24, 2.45) is 0 Å². The van der Waals surface area contributed by atoms with Gasteiger partial charge in [-0.15, -0.1) is 11.8 Å². The molecule has 0 spiro atoms. The Labute approximate surface area is 186 Å². The van der Waals surface area contributed by atoms with E-state index in [0.29, 0.717) is 21.7 Å². The third-order valence-corrected chi connectivity index (χ3v) is 5.64. The van der Waals surface area contributed by atoms with Gasteiger partial charge >= 0.3 is 18.1 Å². The molecule has 1 N–H and O–H groups in total. The van der Waals surface area contributed by atoms with Gasteiger partial charge in [0.15, 0.2) is 0 Å². The van der Waals surface area contributed by atoms with Crippen LogP contribution in [-0.2, 0) is 22.3 Å². The van der Waals surface area contributed by atoms with Crippen molar-refractivity contribution >= 4 is 23.7 Å². The van der Waals surface area contributed by atoms with E-state index >= 15 is 0 Å². The average Bonchev–Trinajstić information content (AvgIpc) is 3.21. The van der Waals surface area contributed by atoms with Crippen molar-refractivity contribution in [3.63, 3.8) is 0 Å². The van der Waals surface area contributed by atoms with Crippen molar-refractivity contribution in [2.75, 3.05) is 0 Å². The lowest BCUT2D eigenvalue weighted by Gasteiger charge is -2.18. The summed E-state index contributed by atoms with van der Waals surface area (Å²) in [6.07, 6.45) is -1.40. The third-order valence-electron chi connectivity index (χ3n) is 4.44. The van der Waals surface area contributed by atoms with Gasteiger partial charge in [0.05, 0.1) is 23.0 Å². The van der Waals surface area contributed by atoms with Gasteiger partial charge in [0.25, 0.3) is 0 Å². The minimum absolute atomic E-state index is 0.0674. The lowest BCUT2D eigenvalue weighted by Crippen LogP contribution is -2.26. The molecule has 168 valence electrons. The molecule has 2 aromatic carbocycles. The second-order valence-corrected chi connectivity index (χ2v) is 9.05. The number of thioether (sulfide) groups is 1. The van der Waals surface area contributed by atoms with Crippen LogP contribution in [0.3, 0.4) is 0 Å². The number of alkyl halides is 3. The molecule has 3 aromatic rings. The maximum atomic E-state index is 12.7. The second kappa shape index (κ2) is 9.07. The van der Waals surface area contributed by atoms with E-state index in [-0.39, 0.29) is 6.61 Å². The summed E-state index contributed by atoms with van der Waals surface area (Å²) in [4.78, 5) is 24.2. The summed E-state index contributed by atoms with van der Waals surface area (Å²) in [5.74, 6) is -1.51. The van der Waals surface area contributed by atoms with Crippen LogP contribution in [0.2, 0.25) is 0 Å². The van der Waals surface area contributed by atoms with E-state index in [1.54, 1.807) is 44.3 Å². The van der Waals surface area contributed by atoms with Crippen LogP contribution in [0, 0.1) is 0 Å². The molecule has 0 bridgehead atoms. The number of benzene rings is 2. The van der Waals surface area contributed by atoms with E-state index in [9.17, 15) is 27.9 Å². The zero-order valence-electron chi connectivity index (χ0n) is 17.1. The van der Waals surface area contributed by atoms with E-state index in [1.807, 2.05) is 0 Å². The summed E-state index contributed by atoms with van der Waals surface area (Å²) < 4.78 is 43.7. The molecule has 0 fully saturated rings. The molecule has 0 radical (unpaired) electrons. The van der Waals surface area contributed by atoms with Crippen LogP contribution >= 0.6 is 11.8 Å². The summed E-state index contributed by atoms with van der Waals surface area (Å²) in [5.41, 5.74) is 0.553. The number of ether oxygens (including phenoxy) is 1. The van der Waals surface area contributed by atoms with E-state index in [0.717, 1.165) is 23.9 Å². The molecular weight excluding hydrogens is 445 g/mol. The van der Waals surface area contributed by atoms with E-state index in [4.69, 9.17) is 4.74 Å². The van der Waals surface area contributed by atoms with Gasteiger partial charge in [-0.25, -0.2) is 9.48 Å². The number of carboxylic acid groups (broad SMARTS) is 1. The molecule has 0 unspecified atom stereocenters. The highest BCUT2D eigenvalue weighted by Crippen LogP contribution is 2.33. The SMILES string of the molecule is CC(C)(Sc1ccc(C(=O)OCc2cnn(-c3ccc(C(F)(F)F)cc3)c2)cc1)C(=O)O. The zero-order valence-corrected chi connectivity index (χ0v) is 17.9. The van der Waals surface area contributed by atoms with Crippen molar-refractivity contribution in [3.8, 4) is 5.69 Å². The number of carbonyl (C=O) groups excluding carboxylic acids is 1. The number of rotatable bonds is 7. The van der Waals surface area contributed by atoms with Crippen LogP contribution in [0.5, 0.6) is 0 Å². The summed E-state index contributed by atoms with van der Waals surface area (Å²) in [7, 11) is 0. The normalized spacial score (nSPS) is 11.9. The van der Waals surface area contributed by atoms with Gasteiger partial charge in [0.1, 0.15) is 11.4 Å². The Balaban J connectivity index is 1.59. The van der Waals surface area contributed by atoms with Gasteiger partial charge in [0.2, 0.25) is 0 Å². The molecule has 0 saturated heterocycles. The quantitative estimate of drug-likeness (QED) is 0.382. The fourth-order valence-electron chi connectivity index (χ4n) is 2.61. The topological polar surface area (TPSA) is 81.4 Å². The summed E-state index contributed by atoms with van der Waals surface area (Å²) >= 11 is 1.16. The Morgan fingerprint density at radius 2 is 1.69 bits per heavy atom. The van der Waals surface area contributed by atoms with Gasteiger partial charge in [0, 0.05) is 16.7 Å². The van der Waals surface area contributed by atoms with Crippen molar-refractivity contribution < 1.29 is 32.6 Å². The Hall–Kier alpha value is -3.27. The fourth-order valence-corrected chi connectivity index (χ4v) is 3.56. The first kappa shape index (κ1) is 23.4. The molecule has 6 nitrogen and oxygen atoms in total. The van der Waals surface area contributed by atoms with E-state index in [2.05, 4.69) is 5.10 Å². The number of esters is 1. The first-order valence-corrected chi connectivity index (χ1v) is 10.2. The lowest BCUT2D eigenvalue weighted by atomic mass is 10.2. The Kier molecular flexibility index (Phi) is 6.63. The zero-order chi connectivity index (χ0) is 23.5. The molecule has 1 heterocycles. The smallest absolute Gasteiger partial charge is 0.416 e. The predicted octanol–water partition coefficient (Wildman–Crippen LogP) is 5.20. The first-order chi connectivity index (χ1) is 15.0. The monoisotopic (exact) mass is 464 g/mol. The number of halogens is 3. The van der Waals surface area contributed by atoms with E-state index in [1.165, 1.54) is 23.0 Å². The average molecular weight is 464 g/mol. The number of hydrogen-bond acceptors (Lipinski definition) is 5. The van der Waals surface area contributed by atoms with Crippen LogP contribution < -0.4 is 0 Å². The van der Waals surface area contributed by atoms with Gasteiger partial charge < -0.3 is 9.84 Å². The molecule has 0 aliphatic rings. The van der Waals surface area contributed by atoms with Crippen LogP contribution in [-0.4, -0.2) is 31.6 Å². The lowest BCUT2D eigenvalue weighted by molar-refractivity contribution is -0.139. The standard InChI is InChI=1S/C22H19F3N2O4S/c1-21(2,20(29)30)32-18-9-3-15(4-10-18)19(28)31-13-14-11-26-27(12-14)17-7-5-16(6-8-17)22(23,24)25/h3-12H,13H2,1-2H3,(H,29,30). The highest BCUT2D eigenvalue weighted by molar-refractivity contribution is 8.01. The summed E-state index contributed by atoms with van der Waals surface area (Å²) in [5, 5.41) is 13.3. The molecule has 0 amide bonds. The maximum Gasteiger partial charge on any atom is 0.416 e. The fraction of sp³-hybridized carbons (Fsp3) is 0.227. The van der Waals surface area contributed by atoms with Gasteiger partial charge in [-0.05, 0) is 62.4 Å². The van der Waals surface area contributed by atoms with Gasteiger partial charge in [-0.3, -0.25) is 4.79 Å². The molecule has 0 saturated carbocycles. The van der Waals surface area contributed by atoms with Crippen molar-refractivity contribution in [3.05, 3.63) is 77.6 Å². The number of hydrogen-bond donors (Lipinski definition) is 1. The summed E-state index contributed by atoms with van der Waals surface area (Å²) in [6, 6.07) is 10.9. The molecular formula is C22H19F3N2O4S. The first-order valence-electron chi connectivity index (χ1n) is 9.36. The van der Waals surface area contributed by atoms with Crippen molar-refractivity contribution in [1.29, 1.82) is 0 Å². The van der Waals surface area contributed by atoms with Crippen LogP contribution in [0.1, 0.15) is 35.3 Å². The molecule has 1 aromatic heterocycles. The number of carboxylic acids is 1. The Morgan fingerprint density at radius 3 is 2.25 bits per heavy atom. The number of carbonyl (C=O) groups is 2. The Bertz CT molecular complexity index is 1110. The molecule has 10 heteroatoms. The largest absolute Gasteiger partial charge is 0.480 e. The Morgan fingerprint density at radius 1 is 1.06 bits per heavy atom. The highest BCUT2D eigenvalue weighted by atomic mass is 32.2. The number of nitrogens with zero attached hydrogens (tertiary/aromatic N) is 2. The predicted molar refractivity (Wildman–Crippen MR) is 112 cm³/mol. The minimum atomic E-state index is -4.41. The molecule has 0 aliphatic carbocycles. The van der Waals surface area contributed by atoms with Crippen molar-refractivity contribution in [1.82, 2.24) is 9.78 Å². The highest BCUT2D eigenvalue weighted by Gasteiger charge is 2.30. The minimum Gasteiger partial charge on any atom is -0.480 e. The van der Waals surface area contributed by atoms with Crippen LogP contribution in [0.25, 0.3) is 5.69 Å². The van der Waals surface area contributed by atoms with Gasteiger partial charge in [-0.2, -0.15) is 18.3 Å². The molecule has 0 aliphatic heterocycles. The molecule has 0 atom stereocenters. The second-order valence-electron chi connectivity index (χ2n) is 7.36. The molecule has 32 heavy (non-hydrogen) atoms. The third kappa shape index (κ3) is 5.70. The maximum absolute atomic E-state index is 12.7. The van der Waals surface area contributed by atoms with E-state index < -0.39 is 28.4 Å². The molecule has 3 rings (SSSR count). The summed E-state index contributed by atoms with van der Waals surface area (Å²) in [6.45, 7) is 3.11. The van der Waals surface area contributed by atoms with Crippen LogP contribution in [0.4, 0.5) is 13.2 Å². The van der Waals surface area contributed by atoms with Crippen LogP contribution in [0.15, 0.2) is 65.8 Å². The van der Waals surface area contributed by atoms with Crippen molar-refractivity contribution in [2.45, 2.75) is 36.3 Å². The number of aromatic nitrogens is 2.